The summed E-state index contributed by atoms with van der Waals surface area (Å²) < 4.78 is 11.2. The van der Waals surface area contributed by atoms with Gasteiger partial charge in [0.1, 0.15) is 6.04 Å². The average molecular weight is 510 g/mol. The number of ether oxygens (including phenoxy) is 1. The predicted octanol–water partition coefficient (Wildman–Crippen LogP) is 3.71. The smallest absolute Gasteiger partial charge is 0.289 e. The summed E-state index contributed by atoms with van der Waals surface area (Å²) in [6.45, 7) is 4.04. The number of methoxy groups -OCH3 is 1. The average Bonchev–Trinajstić information content (AvgIpc) is 3.63. The van der Waals surface area contributed by atoms with Crippen LogP contribution in [0, 0.1) is 5.41 Å². The van der Waals surface area contributed by atoms with Crippen molar-refractivity contribution in [2.45, 2.75) is 38.6 Å². The predicted molar refractivity (Wildman–Crippen MR) is 137 cm³/mol. The van der Waals surface area contributed by atoms with E-state index in [2.05, 4.69) is 5.32 Å². The summed E-state index contributed by atoms with van der Waals surface area (Å²) in [6, 6.07) is 10.8. The Bertz CT molecular complexity index is 1260. The lowest BCUT2D eigenvalue weighted by atomic mass is 9.77. The molecule has 1 spiro atoms. The third-order valence-electron chi connectivity index (χ3n) is 7.46. The van der Waals surface area contributed by atoms with Gasteiger partial charge in [0.25, 0.3) is 5.91 Å². The Morgan fingerprint density at radius 2 is 1.86 bits per heavy atom. The van der Waals surface area contributed by atoms with E-state index in [1.807, 2.05) is 45.5 Å². The zero-order chi connectivity index (χ0) is 25.3. The van der Waals surface area contributed by atoms with E-state index in [-0.39, 0.29) is 23.1 Å². The summed E-state index contributed by atoms with van der Waals surface area (Å²) >= 11 is 1.59. The Morgan fingerprint density at radius 3 is 2.53 bits per heavy atom. The number of carbonyl (C=O) groups excluding carboxylic acids is 3. The Kier molecular flexibility index (Phi) is 6.75. The molecule has 3 aromatic rings. The maximum Gasteiger partial charge on any atom is 0.289 e. The fourth-order valence-corrected chi connectivity index (χ4v) is 6.22. The van der Waals surface area contributed by atoms with Crippen LogP contribution in [0.1, 0.15) is 41.6 Å². The van der Waals surface area contributed by atoms with Crippen molar-refractivity contribution in [3.8, 4) is 5.75 Å². The van der Waals surface area contributed by atoms with Crippen LogP contribution in [0.3, 0.4) is 0 Å². The SMILES string of the molecule is COc1cccc2cc(C(=O)N3CCC4(CC3)CCN(C(=O)[C@H](Cc3cccs3)NC(C)=O)C4)oc12. The molecular weight excluding hydrogens is 478 g/mol. The van der Waals surface area contributed by atoms with Crippen molar-refractivity contribution >= 4 is 40.0 Å². The van der Waals surface area contributed by atoms with Crippen LogP contribution in [0.4, 0.5) is 0 Å². The summed E-state index contributed by atoms with van der Waals surface area (Å²) in [5, 5.41) is 5.67. The van der Waals surface area contributed by atoms with Gasteiger partial charge in [-0.1, -0.05) is 18.2 Å². The van der Waals surface area contributed by atoms with Gasteiger partial charge >= 0.3 is 0 Å². The van der Waals surface area contributed by atoms with Crippen LogP contribution in [0.2, 0.25) is 0 Å². The quantitative estimate of drug-likeness (QED) is 0.547. The van der Waals surface area contributed by atoms with E-state index in [1.54, 1.807) is 24.5 Å². The molecule has 8 nitrogen and oxygen atoms in total. The molecule has 2 saturated heterocycles. The van der Waals surface area contributed by atoms with Crippen LogP contribution < -0.4 is 10.1 Å². The summed E-state index contributed by atoms with van der Waals surface area (Å²) in [6.07, 6.45) is 3.09. The fraction of sp³-hybridized carbons (Fsp3) is 0.444. The molecule has 9 heteroatoms. The zero-order valence-electron chi connectivity index (χ0n) is 20.6. The van der Waals surface area contributed by atoms with Crippen molar-refractivity contribution in [1.82, 2.24) is 15.1 Å². The summed E-state index contributed by atoms with van der Waals surface area (Å²) in [5.74, 6) is 0.589. The number of amides is 3. The molecule has 2 aliphatic heterocycles. The monoisotopic (exact) mass is 509 g/mol. The molecule has 0 bridgehead atoms. The van der Waals surface area contributed by atoms with Gasteiger partial charge in [0.15, 0.2) is 17.1 Å². The van der Waals surface area contributed by atoms with Crippen LogP contribution >= 0.6 is 11.3 Å². The van der Waals surface area contributed by atoms with E-state index in [9.17, 15) is 14.4 Å². The Balaban J connectivity index is 1.21. The van der Waals surface area contributed by atoms with Crippen molar-refractivity contribution in [3.05, 3.63) is 52.4 Å². The van der Waals surface area contributed by atoms with Gasteiger partial charge in [-0.25, -0.2) is 0 Å². The number of furan rings is 1. The number of carbonyl (C=O) groups is 3. The molecule has 5 rings (SSSR count). The van der Waals surface area contributed by atoms with E-state index in [0.717, 1.165) is 29.5 Å². The number of fused-ring (bicyclic) bond motifs is 1. The molecular formula is C27H31N3O5S. The number of benzene rings is 1. The van der Waals surface area contributed by atoms with Crippen LogP contribution in [0.15, 0.2) is 46.2 Å². The maximum atomic E-state index is 13.4. The van der Waals surface area contributed by atoms with E-state index >= 15 is 0 Å². The highest BCUT2D eigenvalue weighted by Gasteiger charge is 2.44. The fourth-order valence-electron chi connectivity index (χ4n) is 5.47. The second kappa shape index (κ2) is 9.97. The lowest BCUT2D eigenvalue weighted by molar-refractivity contribution is -0.135. The molecule has 0 saturated carbocycles. The van der Waals surface area contributed by atoms with E-state index in [4.69, 9.17) is 9.15 Å². The Hall–Kier alpha value is -3.33. The lowest BCUT2D eigenvalue weighted by Gasteiger charge is -2.39. The second-order valence-electron chi connectivity index (χ2n) is 9.83. The Morgan fingerprint density at radius 1 is 1.11 bits per heavy atom. The molecule has 2 aromatic heterocycles. The van der Waals surface area contributed by atoms with Crippen molar-refractivity contribution in [3.63, 3.8) is 0 Å². The first-order chi connectivity index (χ1) is 17.4. The molecule has 2 fully saturated rings. The summed E-state index contributed by atoms with van der Waals surface area (Å²) in [5.41, 5.74) is 0.589. The highest BCUT2D eigenvalue weighted by Crippen LogP contribution is 2.41. The number of nitrogens with zero attached hydrogens (tertiary/aromatic N) is 2. The first-order valence-electron chi connectivity index (χ1n) is 12.3. The van der Waals surface area contributed by atoms with Crippen molar-refractivity contribution < 1.29 is 23.5 Å². The van der Waals surface area contributed by atoms with E-state index < -0.39 is 6.04 Å². The van der Waals surface area contributed by atoms with E-state index in [0.29, 0.717) is 49.7 Å². The number of likely N-dealkylation sites (tertiary alicyclic amines) is 2. The van der Waals surface area contributed by atoms with Gasteiger partial charge in [-0.05, 0) is 48.3 Å². The molecule has 0 radical (unpaired) electrons. The maximum absolute atomic E-state index is 13.4. The highest BCUT2D eigenvalue weighted by atomic mass is 32.1. The summed E-state index contributed by atoms with van der Waals surface area (Å²) in [7, 11) is 1.58. The van der Waals surface area contributed by atoms with Gasteiger partial charge in [-0.3, -0.25) is 14.4 Å². The highest BCUT2D eigenvalue weighted by molar-refractivity contribution is 7.09. The number of thiophene rings is 1. The number of hydrogen-bond acceptors (Lipinski definition) is 6. The molecule has 190 valence electrons. The number of nitrogens with one attached hydrogen (secondary N) is 1. The number of hydrogen-bond donors (Lipinski definition) is 1. The normalized spacial score (nSPS) is 17.9. The molecule has 1 atom stereocenters. The molecule has 1 N–H and O–H groups in total. The molecule has 0 aliphatic carbocycles. The molecule has 3 amide bonds. The minimum atomic E-state index is -0.553. The molecule has 4 heterocycles. The topological polar surface area (TPSA) is 92.1 Å². The van der Waals surface area contributed by atoms with Gasteiger partial charge < -0.3 is 24.3 Å². The number of para-hydroxylation sites is 1. The minimum Gasteiger partial charge on any atom is -0.493 e. The second-order valence-corrected chi connectivity index (χ2v) is 10.9. The number of rotatable bonds is 6. The largest absolute Gasteiger partial charge is 0.493 e. The van der Waals surface area contributed by atoms with Crippen LogP contribution in [-0.2, 0) is 16.0 Å². The summed E-state index contributed by atoms with van der Waals surface area (Å²) in [4.78, 5) is 43.1. The lowest BCUT2D eigenvalue weighted by Crippen LogP contribution is -2.50. The van der Waals surface area contributed by atoms with Gasteiger partial charge in [0.05, 0.1) is 7.11 Å². The third kappa shape index (κ3) is 4.84. The van der Waals surface area contributed by atoms with E-state index in [1.165, 1.54) is 6.92 Å². The third-order valence-corrected chi connectivity index (χ3v) is 8.36. The van der Waals surface area contributed by atoms with Crippen LogP contribution in [0.25, 0.3) is 11.0 Å². The minimum absolute atomic E-state index is 0.00719. The van der Waals surface area contributed by atoms with Crippen molar-refractivity contribution in [1.29, 1.82) is 0 Å². The zero-order valence-corrected chi connectivity index (χ0v) is 21.4. The first-order valence-corrected chi connectivity index (χ1v) is 13.2. The standard InChI is InChI=1S/C27H31N3O5S/c1-18(31)28-21(16-20-6-4-14-36-20)25(32)30-13-10-27(17-30)8-11-29(12-9-27)26(33)23-15-19-5-3-7-22(34-2)24(19)35-23/h3-7,14-15,21H,8-13,16-17H2,1-2H3,(H,28,31)/t21-/m0/s1. The van der Waals surface area contributed by atoms with Gasteiger partial charge in [0.2, 0.25) is 11.8 Å². The molecule has 0 unspecified atom stereocenters. The Labute approximate surface area is 214 Å². The number of piperidine rings is 1. The molecule has 36 heavy (non-hydrogen) atoms. The molecule has 2 aliphatic rings. The van der Waals surface area contributed by atoms with Crippen molar-refractivity contribution in [2.75, 3.05) is 33.3 Å². The van der Waals surface area contributed by atoms with Crippen LogP contribution in [0.5, 0.6) is 5.75 Å². The van der Waals surface area contributed by atoms with Crippen molar-refractivity contribution in [2.24, 2.45) is 5.41 Å². The van der Waals surface area contributed by atoms with Crippen LogP contribution in [-0.4, -0.2) is 66.9 Å². The van der Waals surface area contributed by atoms with Gasteiger partial charge in [0, 0.05) is 49.8 Å². The van der Waals surface area contributed by atoms with Gasteiger partial charge in [-0.15, -0.1) is 11.3 Å². The molecule has 1 aromatic carbocycles. The van der Waals surface area contributed by atoms with Gasteiger partial charge in [-0.2, -0.15) is 0 Å². The first kappa shape index (κ1) is 24.4.